The van der Waals surface area contributed by atoms with Gasteiger partial charge in [0.25, 0.3) is 0 Å². The smallest absolute Gasteiger partial charge is 0.221 e. The molecule has 138 valence electrons. The molecule has 0 fully saturated rings. The van der Waals surface area contributed by atoms with Crippen molar-refractivity contribution in [3.63, 3.8) is 0 Å². The lowest BCUT2D eigenvalue weighted by Crippen LogP contribution is -2.06. The largest absolute Gasteiger partial charge is 0.366 e. The van der Waals surface area contributed by atoms with Gasteiger partial charge < -0.3 is 9.88 Å². The van der Waals surface area contributed by atoms with E-state index >= 15 is 0 Å². The van der Waals surface area contributed by atoms with E-state index in [-0.39, 0.29) is 0 Å². The molecule has 0 bridgehead atoms. The molecule has 5 rings (SSSR count). The molecule has 28 heavy (non-hydrogen) atoms. The third-order valence-electron chi connectivity index (χ3n) is 4.50. The molecule has 4 heterocycles. The van der Waals surface area contributed by atoms with Gasteiger partial charge in [0.15, 0.2) is 5.65 Å². The lowest BCUT2D eigenvalue weighted by molar-refractivity contribution is 0.881. The minimum absolute atomic E-state index is 0.562. The van der Waals surface area contributed by atoms with Crippen molar-refractivity contribution < 1.29 is 0 Å². The minimum atomic E-state index is 0.562. The Kier molecular flexibility index (Phi) is 3.82. The number of nitrogens with zero attached hydrogens (tertiary/aromatic N) is 7. The van der Waals surface area contributed by atoms with Gasteiger partial charge in [-0.05, 0) is 42.0 Å². The van der Waals surface area contributed by atoms with Crippen LogP contribution >= 0.6 is 0 Å². The Morgan fingerprint density at radius 2 is 2.00 bits per heavy atom. The molecule has 0 aliphatic rings. The summed E-state index contributed by atoms with van der Waals surface area (Å²) in [6, 6.07) is 16.1. The zero-order valence-corrected chi connectivity index (χ0v) is 15.1. The van der Waals surface area contributed by atoms with Crippen molar-refractivity contribution in [1.82, 2.24) is 39.8 Å². The number of aromatic amines is 1. The van der Waals surface area contributed by atoms with Gasteiger partial charge in [0.05, 0.1) is 11.9 Å². The molecule has 0 aliphatic heterocycles. The lowest BCUT2D eigenvalue weighted by atomic mass is 10.2. The van der Waals surface area contributed by atoms with Crippen LogP contribution in [0.2, 0.25) is 0 Å². The number of aromatic nitrogens is 8. The molecule has 0 spiro atoms. The molecule has 0 saturated heterocycles. The number of benzene rings is 1. The van der Waals surface area contributed by atoms with Crippen molar-refractivity contribution in [3.8, 4) is 17.2 Å². The Labute approximate surface area is 160 Å². The Balaban J connectivity index is 1.36. The van der Waals surface area contributed by atoms with Crippen molar-refractivity contribution in [3.05, 3.63) is 72.2 Å². The van der Waals surface area contributed by atoms with E-state index in [1.165, 1.54) is 0 Å². The Bertz CT molecular complexity index is 1220. The molecule has 0 radical (unpaired) electrons. The number of tetrazole rings is 1. The SMILES string of the molecule is Cc1cc(NCc2ccc(-n3cccc3-c3nn[nH]n3)cc2)n2nccc2n1. The van der Waals surface area contributed by atoms with Gasteiger partial charge in [0.2, 0.25) is 5.82 Å². The van der Waals surface area contributed by atoms with Crippen LogP contribution in [-0.4, -0.2) is 39.8 Å². The highest BCUT2D eigenvalue weighted by atomic mass is 15.5. The average Bonchev–Trinajstić information content (AvgIpc) is 3.46. The molecule has 9 heteroatoms. The first kappa shape index (κ1) is 16.2. The maximum atomic E-state index is 4.46. The second-order valence-electron chi connectivity index (χ2n) is 6.40. The maximum Gasteiger partial charge on any atom is 0.221 e. The fraction of sp³-hybridized carbons (Fsp3) is 0.105. The molecule has 0 amide bonds. The predicted molar refractivity (Wildman–Crippen MR) is 104 cm³/mol. The van der Waals surface area contributed by atoms with E-state index in [0.29, 0.717) is 12.4 Å². The number of anilines is 1. The molecule has 2 N–H and O–H groups in total. The average molecular weight is 371 g/mol. The molecule has 0 atom stereocenters. The van der Waals surface area contributed by atoms with Crippen LogP contribution in [0, 0.1) is 6.92 Å². The summed E-state index contributed by atoms with van der Waals surface area (Å²) in [5.74, 6) is 1.48. The maximum absolute atomic E-state index is 4.46. The van der Waals surface area contributed by atoms with Crippen LogP contribution in [0.4, 0.5) is 5.82 Å². The van der Waals surface area contributed by atoms with Crippen LogP contribution in [0.3, 0.4) is 0 Å². The first-order valence-electron chi connectivity index (χ1n) is 8.84. The molecule has 0 aliphatic carbocycles. The van der Waals surface area contributed by atoms with E-state index in [2.05, 4.69) is 60.3 Å². The number of hydrogen-bond donors (Lipinski definition) is 2. The number of rotatable bonds is 5. The van der Waals surface area contributed by atoms with Crippen LogP contribution in [0.15, 0.2) is 60.9 Å². The van der Waals surface area contributed by atoms with Gasteiger partial charge in [-0.1, -0.05) is 12.1 Å². The normalized spacial score (nSPS) is 11.2. The Hall–Kier alpha value is -4.01. The molecule has 0 unspecified atom stereocenters. The molecule has 5 aromatic rings. The van der Waals surface area contributed by atoms with E-state index in [0.717, 1.165) is 34.1 Å². The van der Waals surface area contributed by atoms with Crippen LogP contribution in [0.5, 0.6) is 0 Å². The first-order valence-corrected chi connectivity index (χ1v) is 8.84. The number of nitrogens with one attached hydrogen (secondary N) is 2. The van der Waals surface area contributed by atoms with Gasteiger partial charge in [0, 0.05) is 36.3 Å². The zero-order chi connectivity index (χ0) is 18.9. The van der Waals surface area contributed by atoms with Crippen LogP contribution < -0.4 is 5.32 Å². The Morgan fingerprint density at radius 1 is 1.11 bits per heavy atom. The van der Waals surface area contributed by atoms with Gasteiger partial charge >= 0.3 is 0 Å². The molecule has 9 nitrogen and oxygen atoms in total. The highest BCUT2D eigenvalue weighted by molar-refractivity contribution is 5.55. The minimum Gasteiger partial charge on any atom is -0.366 e. The number of fused-ring (bicyclic) bond motifs is 1. The highest BCUT2D eigenvalue weighted by Crippen LogP contribution is 2.21. The first-order chi connectivity index (χ1) is 13.8. The molecule has 4 aromatic heterocycles. The van der Waals surface area contributed by atoms with Crippen LogP contribution in [0.25, 0.3) is 22.9 Å². The van der Waals surface area contributed by atoms with Crippen molar-refractivity contribution in [2.24, 2.45) is 0 Å². The van der Waals surface area contributed by atoms with Crippen molar-refractivity contribution in [2.75, 3.05) is 5.32 Å². The van der Waals surface area contributed by atoms with Gasteiger partial charge in [0.1, 0.15) is 5.82 Å². The fourth-order valence-electron chi connectivity index (χ4n) is 3.19. The number of aryl methyl sites for hydroxylation is 1. The second kappa shape index (κ2) is 6.62. The lowest BCUT2D eigenvalue weighted by Gasteiger charge is -2.11. The molecule has 1 aromatic carbocycles. The predicted octanol–water partition coefficient (Wildman–Crippen LogP) is 2.62. The zero-order valence-electron chi connectivity index (χ0n) is 15.1. The summed E-state index contributed by atoms with van der Waals surface area (Å²) >= 11 is 0. The standard InChI is InChI=1S/C19H17N9/c1-13-11-18(28-17(22-13)8-9-21-28)20-12-14-4-6-15(7-5-14)27-10-2-3-16(27)19-23-25-26-24-19/h2-11,20H,12H2,1H3,(H,23,24,25,26). The molecular formula is C19H17N9. The summed E-state index contributed by atoms with van der Waals surface area (Å²) < 4.78 is 3.83. The van der Waals surface area contributed by atoms with Gasteiger partial charge in [-0.3, -0.25) is 0 Å². The van der Waals surface area contributed by atoms with E-state index in [1.54, 1.807) is 10.7 Å². The van der Waals surface area contributed by atoms with E-state index < -0.39 is 0 Å². The van der Waals surface area contributed by atoms with Crippen molar-refractivity contribution in [1.29, 1.82) is 0 Å². The summed E-state index contributed by atoms with van der Waals surface area (Å²) in [7, 11) is 0. The quantitative estimate of drug-likeness (QED) is 0.492. The molecular weight excluding hydrogens is 354 g/mol. The molecule has 0 saturated carbocycles. The van der Waals surface area contributed by atoms with Crippen molar-refractivity contribution >= 4 is 11.5 Å². The second-order valence-corrected chi connectivity index (χ2v) is 6.40. The van der Waals surface area contributed by atoms with Crippen LogP contribution in [0.1, 0.15) is 11.3 Å². The number of hydrogen-bond acceptors (Lipinski definition) is 6. The summed E-state index contributed by atoms with van der Waals surface area (Å²) in [4.78, 5) is 4.46. The Morgan fingerprint density at radius 3 is 2.82 bits per heavy atom. The number of H-pyrrole nitrogens is 1. The summed E-state index contributed by atoms with van der Waals surface area (Å²) in [6.07, 6.45) is 3.73. The highest BCUT2D eigenvalue weighted by Gasteiger charge is 2.10. The van der Waals surface area contributed by atoms with Gasteiger partial charge in [-0.15, -0.1) is 10.2 Å². The van der Waals surface area contributed by atoms with Crippen molar-refractivity contribution in [2.45, 2.75) is 13.5 Å². The van der Waals surface area contributed by atoms with Gasteiger partial charge in [-0.2, -0.15) is 14.8 Å². The fourth-order valence-corrected chi connectivity index (χ4v) is 3.19. The summed E-state index contributed by atoms with van der Waals surface area (Å²) in [5.41, 5.74) is 4.86. The van der Waals surface area contributed by atoms with Crippen LogP contribution in [-0.2, 0) is 6.54 Å². The topological polar surface area (TPSA) is 102 Å². The third kappa shape index (κ3) is 2.88. The van der Waals surface area contributed by atoms with Gasteiger partial charge in [-0.25, -0.2) is 4.98 Å². The summed E-state index contributed by atoms with van der Waals surface area (Å²) in [5, 5.41) is 22.0. The summed E-state index contributed by atoms with van der Waals surface area (Å²) in [6.45, 7) is 2.66. The van der Waals surface area contributed by atoms with E-state index in [4.69, 9.17) is 0 Å². The third-order valence-corrected chi connectivity index (χ3v) is 4.50. The monoisotopic (exact) mass is 371 g/mol. The van der Waals surface area contributed by atoms with E-state index in [1.807, 2.05) is 42.0 Å². The van der Waals surface area contributed by atoms with E-state index in [9.17, 15) is 0 Å².